The number of benzene rings is 3. The molecule has 0 radical (unpaired) electrons. The van der Waals surface area contributed by atoms with Gasteiger partial charge in [0.25, 0.3) is 5.91 Å². The molecule has 34 heavy (non-hydrogen) atoms. The van der Waals surface area contributed by atoms with E-state index in [4.69, 9.17) is 0 Å². The van der Waals surface area contributed by atoms with Gasteiger partial charge in [-0.3, -0.25) is 9.59 Å². The zero-order valence-electron chi connectivity index (χ0n) is 18.5. The van der Waals surface area contributed by atoms with Crippen molar-refractivity contribution in [3.05, 3.63) is 95.6 Å². The summed E-state index contributed by atoms with van der Waals surface area (Å²) >= 11 is 0. The van der Waals surface area contributed by atoms with Crippen molar-refractivity contribution in [1.82, 2.24) is 4.90 Å². The summed E-state index contributed by atoms with van der Waals surface area (Å²) in [5.41, 5.74) is 2.51. The Bertz CT molecular complexity index is 1200. The zero-order chi connectivity index (χ0) is 24.2. The highest BCUT2D eigenvalue weighted by Crippen LogP contribution is 2.29. The van der Waals surface area contributed by atoms with Crippen LogP contribution < -0.4 is 10.2 Å². The average Bonchev–Trinajstić information content (AvgIpc) is 3.05. The van der Waals surface area contributed by atoms with Crippen LogP contribution in [0.5, 0.6) is 0 Å². The molecule has 0 bridgehead atoms. The fourth-order valence-electron chi connectivity index (χ4n) is 3.84. The number of imide groups is 1. The van der Waals surface area contributed by atoms with E-state index in [0.29, 0.717) is 11.3 Å². The molecule has 1 aliphatic rings. The van der Waals surface area contributed by atoms with Gasteiger partial charge in [-0.2, -0.15) is 0 Å². The van der Waals surface area contributed by atoms with Crippen molar-refractivity contribution in [1.29, 1.82) is 0 Å². The van der Waals surface area contributed by atoms with Crippen LogP contribution in [0.4, 0.5) is 25.0 Å². The number of halogens is 2. The highest BCUT2D eigenvalue weighted by atomic mass is 19.1. The minimum absolute atomic E-state index is 0.00565. The highest BCUT2D eigenvalue weighted by Gasteiger charge is 2.46. The maximum Gasteiger partial charge on any atom is 0.332 e. The third-order valence-electron chi connectivity index (χ3n) is 5.69. The van der Waals surface area contributed by atoms with Crippen LogP contribution in [-0.4, -0.2) is 28.8 Å². The van der Waals surface area contributed by atoms with Crippen LogP contribution in [-0.2, 0) is 22.6 Å². The lowest BCUT2D eigenvalue weighted by molar-refractivity contribution is -0.124. The summed E-state index contributed by atoms with van der Waals surface area (Å²) in [5.74, 6) is -1.95. The largest absolute Gasteiger partial charge is 0.332 e. The Morgan fingerprint density at radius 3 is 2.00 bits per heavy atom. The first-order chi connectivity index (χ1) is 16.4. The topological polar surface area (TPSA) is 69.7 Å². The Labute approximate surface area is 195 Å². The smallest absolute Gasteiger partial charge is 0.326 e. The lowest BCUT2D eigenvalue weighted by Crippen LogP contribution is -2.37. The molecule has 1 aliphatic heterocycles. The Morgan fingerprint density at radius 2 is 1.41 bits per heavy atom. The molecule has 6 nitrogen and oxygen atoms in total. The second kappa shape index (κ2) is 9.82. The molecule has 0 aromatic heterocycles. The SMILES string of the molecule is CCc1ccc(NC(=O)CC2C(=O)N(c3ccc(F)cc3)C(=O)N2Cc2ccc(F)cc2)cc1. The van der Waals surface area contributed by atoms with Gasteiger partial charge < -0.3 is 10.2 Å². The van der Waals surface area contributed by atoms with Crippen molar-refractivity contribution in [2.75, 3.05) is 10.2 Å². The van der Waals surface area contributed by atoms with Gasteiger partial charge in [0.05, 0.1) is 12.1 Å². The van der Waals surface area contributed by atoms with Crippen molar-refractivity contribution in [3.8, 4) is 0 Å². The quantitative estimate of drug-likeness (QED) is 0.507. The Balaban J connectivity index is 1.58. The predicted octanol–water partition coefficient (Wildman–Crippen LogP) is 4.89. The summed E-state index contributed by atoms with van der Waals surface area (Å²) in [7, 11) is 0. The van der Waals surface area contributed by atoms with Gasteiger partial charge in [-0.15, -0.1) is 0 Å². The first kappa shape index (κ1) is 23.1. The second-order valence-corrected chi connectivity index (χ2v) is 8.01. The van der Waals surface area contributed by atoms with E-state index in [1.165, 1.54) is 41.3 Å². The number of aryl methyl sites for hydroxylation is 1. The molecule has 0 aliphatic carbocycles. The van der Waals surface area contributed by atoms with E-state index >= 15 is 0 Å². The van der Waals surface area contributed by atoms with Gasteiger partial charge in [-0.25, -0.2) is 18.5 Å². The maximum atomic E-state index is 13.4. The van der Waals surface area contributed by atoms with E-state index < -0.39 is 35.5 Å². The number of nitrogens with zero attached hydrogens (tertiary/aromatic N) is 2. The van der Waals surface area contributed by atoms with Crippen LogP contribution in [0.1, 0.15) is 24.5 Å². The van der Waals surface area contributed by atoms with Crippen LogP contribution in [0.2, 0.25) is 0 Å². The van der Waals surface area contributed by atoms with Gasteiger partial charge in [0, 0.05) is 12.2 Å². The van der Waals surface area contributed by atoms with Crippen molar-refractivity contribution in [2.45, 2.75) is 32.4 Å². The van der Waals surface area contributed by atoms with Gasteiger partial charge in [0.1, 0.15) is 17.7 Å². The van der Waals surface area contributed by atoms with Crippen LogP contribution in [0, 0.1) is 11.6 Å². The number of urea groups is 1. The molecular formula is C26H23F2N3O3. The monoisotopic (exact) mass is 463 g/mol. The molecule has 0 spiro atoms. The van der Waals surface area contributed by atoms with Gasteiger partial charge >= 0.3 is 6.03 Å². The number of carbonyl (C=O) groups is 3. The van der Waals surface area contributed by atoms with Gasteiger partial charge in [0.2, 0.25) is 5.91 Å². The standard InChI is InChI=1S/C26H23F2N3O3/c1-2-17-5-11-21(12-6-17)29-24(32)15-23-25(33)31(22-13-9-20(28)10-14-22)26(34)30(23)16-18-3-7-19(27)8-4-18/h3-14,23H,2,15-16H2,1H3,(H,29,32). The molecule has 4 amide bonds. The normalized spacial score (nSPS) is 15.7. The summed E-state index contributed by atoms with van der Waals surface area (Å²) in [6.45, 7) is 2.03. The molecular weight excluding hydrogens is 440 g/mol. The summed E-state index contributed by atoms with van der Waals surface area (Å²) < 4.78 is 26.7. The van der Waals surface area contributed by atoms with Crippen molar-refractivity contribution < 1.29 is 23.2 Å². The third kappa shape index (κ3) is 4.96. The lowest BCUT2D eigenvalue weighted by Gasteiger charge is -2.21. The molecule has 1 atom stereocenters. The van der Waals surface area contributed by atoms with E-state index in [1.807, 2.05) is 19.1 Å². The van der Waals surface area contributed by atoms with E-state index in [0.717, 1.165) is 29.0 Å². The molecule has 1 heterocycles. The van der Waals surface area contributed by atoms with Crippen LogP contribution >= 0.6 is 0 Å². The highest BCUT2D eigenvalue weighted by molar-refractivity contribution is 6.22. The maximum absolute atomic E-state index is 13.4. The first-order valence-electron chi connectivity index (χ1n) is 10.9. The average molecular weight is 463 g/mol. The number of amides is 4. The van der Waals surface area contributed by atoms with Gasteiger partial charge in [-0.05, 0) is 66.1 Å². The first-order valence-corrected chi connectivity index (χ1v) is 10.9. The number of anilines is 2. The number of hydrogen-bond donors (Lipinski definition) is 1. The minimum atomic E-state index is -1.07. The molecule has 3 aromatic carbocycles. The number of carbonyl (C=O) groups excluding carboxylic acids is 3. The Kier molecular flexibility index (Phi) is 6.67. The third-order valence-corrected chi connectivity index (χ3v) is 5.69. The van der Waals surface area contributed by atoms with E-state index in [2.05, 4.69) is 5.32 Å². The summed E-state index contributed by atoms with van der Waals surface area (Å²) in [6, 6.07) is 16.2. The molecule has 174 valence electrons. The molecule has 1 N–H and O–H groups in total. The summed E-state index contributed by atoms with van der Waals surface area (Å²) in [4.78, 5) is 41.5. The van der Waals surface area contributed by atoms with Crippen molar-refractivity contribution >= 4 is 29.2 Å². The van der Waals surface area contributed by atoms with Crippen LogP contribution in [0.3, 0.4) is 0 Å². The fourth-order valence-corrected chi connectivity index (χ4v) is 3.84. The van der Waals surface area contributed by atoms with Crippen LogP contribution in [0.15, 0.2) is 72.8 Å². The minimum Gasteiger partial charge on any atom is -0.326 e. The van der Waals surface area contributed by atoms with E-state index in [9.17, 15) is 23.2 Å². The molecule has 8 heteroatoms. The summed E-state index contributed by atoms with van der Waals surface area (Å²) in [6.07, 6.45) is 0.601. The summed E-state index contributed by atoms with van der Waals surface area (Å²) in [5, 5.41) is 2.76. The van der Waals surface area contributed by atoms with Crippen LogP contribution in [0.25, 0.3) is 0 Å². The van der Waals surface area contributed by atoms with E-state index in [1.54, 1.807) is 12.1 Å². The fraction of sp³-hybridized carbons (Fsp3) is 0.192. The molecule has 1 unspecified atom stereocenters. The second-order valence-electron chi connectivity index (χ2n) is 8.01. The van der Waals surface area contributed by atoms with Gasteiger partial charge in [0.15, 0.2) is 0 Å². The lowest BCUT2D eigenvalue weighted by atomic mass is 10.1. The molecule has 1 fully saturated rings. The van der Waals surface area contributed by atoms with Crippen molar-refractivity contribution in [2.24, 2.45) is 0 Å². The zero-order valence-corrected chi connectivity index (χ0v) is 18.5. The van der Waals surface area contributed by atoms with Crippen molar-refractivity contribution in [3.63, 3.8) is 0 Å². The number of hydrogen-bond acceptors (Lipinski definition) is 3. The van der Waals surface area contributed by atoms with E-state index in [-0.39, 0.29) is 18.7 Å². The number of nitrogens with one attached hydrogen (secondary N) is 1. The van der Waals surface area contributed by atoms with Gasteiger partial charge in [-0.1, -0.05) is 31.2 Å². The number of rotatable bonds is 7. The molecule has 3 aromatic rings. The predicted molar refractivity (Wildman–Crippen MR) is 124 cm³/mol. The Hall–Kier alpha value is -4.07. The molecule has 1 saturated heterocycles. The Morgan fingerprint density at radius 1 is 0.853 bits per heavy atom. The molecule has 4 rings (SSSR count). The molecule has 0 saturated carbocycles.